The van der Waals surface area contributed by atoms with Crippen molar-refractivity contribution in [3.63, 3.8) is 0 Å². The summed E-state index contributed by atoms with van der Waals surface area (Å²) in [6, 6.07) is 10.5. The molecule has 0 aromatic heterocycles. The van der Waals surface area contributed by atoms with Crippen LogP contribution in [-0.4, -0.2) is 34.4 Å². The number of carbonyl (C=O) groups excluding carboxylic acids is 1. The predicted octanol–water partition coefficient (Wildman–Crippen LogP) is 2.81. The van der Waals surface area contributed by atoms with Gasteiger partial charge in [-0.25, -0.2) is 0 Å². The van der Waals surface area contributed by atoms with Gasteiger partial charge in [0.1, 0.15) is 0 Å². The Morgan fingerprint density at radius 1 is 1.39 bits per heavy atom. The number of rotatable bonds is 2. The van der Waals surface area contributed by atoms with Crippen LogP contribution in [0.5, 0.6) is 0 Å². The van der Waals surface area contributed by atoms with E-state index >= 15 is 0 Å². The fraction of sp³-hybridized carbons (Fsp3) is 0.400. The highest BCUT2D eigenvalue weighted by Gasteiger charge is 2.40. The molecule has 0 spiro atoms. The summed E-state index contributed by atoms with van der Waals surface area (Å²) in [4.78, 5) is 14.5. The van der Waals surface area contributed by atoms with Crippen molar-refractivity contribution in [2.45, 2.75) is 24.6 Å². The standard InChI is InChI=1S/C15H17NOS/c1-11(7-12-5-3-2-4-6-12)15(17)16-9-14-8-13(16)10-18-14/h2-7,13-14H,8-10H2,1H3. The highest BCUT2D eigenvalue weighted by atomic mass is 32.2. The second kappa shape index (κ2) is 4.81. The fourth-order valence-electron chi connectivity index (χ4n) is 2.74. The van der Waals surface area contributed by atoms with E-state index in [1.807, 2.05) is 55.1 Å². The first kappa shape index (κ1) is 11.8. The van der Waals surface area contributed by atoms with Crippen LogP contribution in [-0.2, 0) is 4.79 Å². The lowest BCUT2D eigenvalue weighted by Crippen LogP contribution is -2.39. The van der Waals surface area contributed by atoms with Gasteiger partial charge in [0.05, 0.1) is 0 Å². The summed E-state index contributed by atoms with van der Waals surface area (Å²) in [6.07, 6.45) is 3.18. The van der Waals surface area contributed by atoms with Crippen LogP contribution in [0, 0.1) is 0 Å². The molecule has 0 radical (unpaired) electrons. The third kappa shape index (κ3) is 2.19. The van der Waals surface area contributed by atoms with E-state index in [2.05, 4.69) is 4.90 Å². The summed E-state index contributed by atoms with van der Waals surface area (Å²) < 4.78 is 0. The highest BCUT2D eigenvalue weighted by molar-refractivity contribution is 8.00. The van der Waals surface area contributed by atoms with Crippen LogP contribution in [0.15, 0.2) is 35.9 Å². The largest absolute Gasteiger partial charge is 0.334 e. The lowest BCUT2D eigenvalue weighted by Gasteiger charge is -2.27. The van der Waals surface area contributed by atoms with E-state index in [-0.39, 0.29) is 5.91 Å². The van der Waals surface area contributed by atoms with Gasteiger partial charge in [-0.1, -0.05) is 30.3 Å². The van der Waals surface area contributed by atoms with Gasteiger partial charge >= 0.3 is 0 Å². The maximum atomic E-state index is 12.4. The minimum atomic E-state index is 0.214. The maximum Gasteiger partial charge on any atom is 0.249 e. The molecule has 0 saturated carbocycles. The topological polar surface area (TPSA) is 20.3 Å². The summed E-state index contributed by atoms with van der Waals surface area (Å²) in [5, 5.41) is 0.684. The molecular weight excluding hydrogens is 242 g/mol. The summed E-state index contributed by atoms with van der Waals surface area (Å²) >= 11 is 2.02. The lowest BCUT2D eigenvalue weighted by atomic mass is 10.1. The molecule has 3 heteroatoms. The average molecular weight is 259 g/mol. The number of likely N-dealkylation sites (tertiary alicyclic amines) is 1. The fourth-order valence-corrected chi connectivity index (χ4v) is 4.17. The minimum absolute atomic E-state index is 0.214. The van der Waals surface area contributed by atoms with Gasteiger partial charge in [-0.3, -0.25) is 4.79 Å². The van der Waals surface area contributed by atoms with Gasteiger partial charge in [0, 0.05) is 29.2 Å². The van der Waals surface area contributed by atoms with Gasteiger partial charge < -0.3 is 4.90 Å². The molecule has 2 atom stereocenters. The molecule has 18 heavy (non-hydrogen) atoms. The van der Waals surface area contributed by atoms with E-state index in [0.29, 0.717) is 11.3 Å². The molecule has 2 bridgehead atoms. The van der Waals surface area contributed by atoms with Crippen molar-refractivity contribution in [3.8, 4) is 0 Å². The van der Waals surface area contributed by atoms with Crippen LogP contribution >= 0.6 is 11.8 Å². The quantitative estimate of drug-likeness (QED) is 0.761. The Morgan fingerprint density at radius 2 is 2.17 bits per heavy atom. The molecule has 2 aliphatic rings. The van der Waals surface area contributed by atoms with Crippen LogP contribution in [0.2, 0.25) is 0 Å². The molecule has 2 saturated heterocycles. The molecule has 2 heterocycles. The number of fused-ring (bicyclic) bond motifs is 2. The van der Waals surface area contributed by atoms with Crippen molar-refractivity contribution in [1.82, 2.24) is 4.90 Å². The van der Waals surface area contributed by atoms with Gasteiger partial charge in [-0.15, -0.1) is 0 Å². The number of hydrogen-bond donors (Lipinski definition) is 0. The Balaban J connectivity index is 1.75. The molecule has 2 aliphatic heterocycles. The lowest BCUT2D eigenvalue weighted by molar-refractivity contribution is -0.127. The second-order valence-electron chi connectivity index (χ2n) is 5.04. The molecule has 94 valence electrons. The first-order valence-corrected chi connectivity index (χ1v) is 7.45. The van der Waals surface area contributed by atoms with E-state index < -0.39 is 0 Å². The van der Waals surface area contributed by atoms with Crippen LogP contribution in [0.1, 0.15) is 18.9 Å². The predicted molar refractivity (Wildman–Crippen MR) is 76.5 cm³/mol. The normalized spacial score (nSPS) is 26.7. The number of thioether (sulfide) groups is 1. The van der Waals surface area contributed by atoms with Crippen LogP contribution in [0.25, 0.3) is 6.08 Å². The maximum absolute atomic E-state index is 12.4. The van der Waals surface area contributed by atoms with Gasteiger partial charge in [-0.2, -0.15) is 11.8 Å². The van der Waals surface area contributed by atoms with Gasteiger partial charge in [0.15, 0.2) is 0 Å². The van der Waals surface area contributed by atoms with Crippen molar-refractivity contribution in [2.75, 3.05) is 12.3 Å². The van der Waals surface area contributed by atoms with E-state index in [0.717, 1.165) is 23.4 Å². The number of amides is 1. The molecule has 1 amide bonds. The number of benzene rings is 1. The Morgan fingerprint density at radius 3 is 2.78 bits per heavy atom. The number of hydrogen-bond acceptors (Lipinski definition) is 2. The molecule has 2 fully saturated rings. The SMILES string of the molecule is CC(=Cc1ccccc1)C(=O)N1CC2CC1CS2. The molecule has 0 N–H and O–H groups in total. The van der Waals surface area contributed by atoms with Crippen molar-refractivity contribution in [2.24, 2.45) is 0 Å². The third-order valence-corrected chi connectivity index (χ3v) is 5.07. The summed E-state index contributed by atoms with van der Waals surface area (Å²) in [5.41, 5.74) is 1.95. The Kier molecular flexibility index (Phi) is 3.16. The van der Waals surface area contributed by atoms with Gasteiger partial charge in [0.2, 0.25) is 5.91 Å². The Hall–Kier alpha value is -1.22. The zero-order chi connectivity index (χ0) is 12.5. The number of carbonyl (C=O) groups is 1. The van der Waals surface area contributed by atoms with E-state index in [9.17, 15) is 4.79 Å². The zero-order valence-corrected chi connectivity index (χ0v) is 11.3. The average Bonchev–Trinajstić information content (AvgIpc) is 3.01. The van der Waals surface area contributed by atoms with E-state index in [1.165, 1.54) is 6.42 Å². The summed E-state index contributed by atoms with van der Waals surface area (Å²) in [6.45, 7) is 2.86. The van der Waals surface area contributed by atoms with Crippen LogP contribution in [0.4, 0.5) is 0 Å². The second-order valence-corrected chi connectivity index (χ2v) is 6.37. The Bertz CT molecular complexity index is 483. The molecular formula is C15H17NOS. The van der Waals surface area contributed by atoms with Crippen molar-refractivity contribution >= 4 is 23.7 Å². The first-order chi connectivity index (χ1) is 8.74. The van der Waals surface area contributed by atoms with Crippen molar-refractivity contribution in [3.05, 3.63) is 41.5 Å². The molecule has 2 nitrogen and oxygen atoms in total. The summed E-state index contributed by atoms with van der Waals surface area (Å²) in [7, 11) is 0. The zero-order valence-electron chi connectivity index (χ0n) is 10.5. The van der Waals surface area contributed by atoms with Gasteiger partial charge in [-0.05, 0) is 25.0 Å². The number of nitrogens with zero attached hydrogens (tertiary/aromatic N) is 1. The Labute approximate surface area is 112 Å². The molecule has 3 rings (SSSR count). The smallest absolute Gasteiger partial charge is 0.249 e. The van der Waals surface area contributed by atoms with Gasteiger partial charge in [0.25, 0.3) is 0 Å². The van der Waals surface area contributed by atoms with E-state index in [4.69, 9.17) is 0 Å². The third-order valence-electron chi connectivity index (χ3n) is 3.68. The van der Waals surface area contributed by atoms with Crippen molar-refractivity contribution < 1.29 is 4.79 Å². The molecule has 0 aliphatic carbocycles. The van der Waals surface area contributed by atoms with Crippen LogP contribution in [0.3, 0.4) is 0 Å². The monoisotopic (exact) mass is 259 g/mol. The van der Waals surface area contributed by atoms with Crippen molar-refractivity contribution in [1.29, 1.82) is 0 Å². The van der Waals surface area contributed by atoms with E-state index in [1.54, 1.807) is 0 Å². The highest BCUT2D eigenvalue weighted by Crippen LogP contribution is 2.38. The molecule has 1 aromatic rings. The van der Waals surface area contributed by atoms with Crippen LogP contribution < -0.4 is 0 Å². The molecule has 2 unspecified atom stereocenters. The minimum Gasteiger partial charge on any atom is -0.334 e. The first-order valence-electron chi connectivity index (χ1n) is 6.40. The molecule has 1 aromatic carbocycles. The summed E-state index contributed by atoms with van der Waals surface area (Å²) in [5.74, 6) is 1.33.